The summed E-state index contributed by atoms with van der Waals surface area (Å²) in [5.41, 5.74) is 13.1. The van der Waals surface area contributed by atoms with Gasteiger partial charge in [0.1, 0.15) is 18.1 Å². The summed E-state index contributed by atoms with van der Waals surface area (Å²) in [4.78, 5) is 25.2. The van der Waals surface area contributed by atoms with Crippen molar-refractivity contribution in [3.05, 3.63) is 92.0 Å². The van der Waals surface area contributed by atoms with E-state index in [1.165, 1.54) is 0 Å². The monoisotopic (exact) mass is 445 g/mol. The summed E-state index contributed by atoms with van der Waals surface area (Å²) in [6.07, 6.45) is 0. The number of carbonyl (C=O) groups is 2. The number of aryl methyl sites for hydroxylation is 1. The summed E-state index contributed by atoms with van der Waals surface area (Å²) in [6.45, 7) is 13.5. The molecule has 0 aliphatic rings. The zero-order chi connectivity index (χ0) is 24.4. The number of esters is 1. The molecule has 0 aliphatic heterocycles. The van der Waals surface area contributed by atoms with Gasteiger partial charge in [0.15, 0.2) is 0 Å². The fraction of sp³-hybridized carbons (Fsp3) is 0.286. The van der Waals surface area contributed by atoms with Crippen molar-refractivity contribution in [3.8, 4) is 11.5 Å². The summed E-state index contributed by atoms with van der Waals surface area (Å²) < 4.78 is 12.0. The first kappa shape index (κ1) is 24.1. The molecule has 5 heteroatoms. The standard InChI is InChI=1S/C28H31NO4/c1-15-13-23(32-14-22-11-9-8-10-12-22)16(2)17(3)24(15)28(31)33-26-20(6)18(4)25(27(29)30)19(5)21(26)7/h8-13H,14H2,1-7H3,(H2,29,30). The van der Waals surface area contributed by atoms with Crippen LogP contribution in [-0.2, 0) is 6.61 Å². The Labute approximate surface area is 195 Å². The van der Waals surface area contributed by atoms with E-state index >= 15 is 0 Å². The fourth-order valence-electron chi connectivity index (χ4n) is 4.19. The molecule has 3 rings (SSSR count). The van der Waals surface area contributed by atoms with Crippen molar-refractivity contribution in [1.82, 2.24) is 0 Å². The summed E-state index contributed by atoms with van der Waals surface area (Å²) in [7, 11) is 0. The van der Waals surface area contributed by atoms with E-state index in [1.807, 2.05) is 84.9 Å². The molecule has 0 spiro atoms. The van der Waals surface area contributed by atoms with E-state index in [0.717, 1.165) is 50.3 Å². The van der Waals surface area contributed by atoms with Crippen LogP contribution in [0.3, 0.4) is 0 Å². The molecule has 2 N–H and O–H groups in total. The SMILES string of the molecule is Cc1cc(OCc2ccccc2)c(C)c(C)c1C(=O)Oc1c(C)c(C)c(C(N)=O)c(C)c1C. The third-order valence-corrected chi connectivity index (χ3v) is 6.49. The molecule has 172 valence electrons. The number of amides is 1. The third-order valence-electron chi connectivity index (χ3n) is 6.49. The molecule has 0 radical (unpaired) electrons. The quantitative estimate of drug-likeness (QED) is 0.387. The molecule has 0 saturated heterocycles. The van der Waals surface area contributed by atoms with E-state index in [2.05, 4.69) is 0 Å². The molecular formula is C28H31NO4. The maximum absolute atomic E-state index is 13.3. The van der Waals surface area contributed by atoms with Crippen molar-refractivity contribution >= 4 is 11.9 Å². The summed E-state index contributed by atoms with van der Waals surface area (Å²) in [5.74, 6) is 0.304. The Morgan fingerprint density at radius 1 is 0.758 bits per heavy atom. The highest BCUT2D eigenvalue weighted by Gasteiger charge is 2.24. The van der Waals surface area contributed by atoms with E-state index in [9.17, 15) is 9.59 Å². The van der Waals surface area contributed by atoms with E-state index in [4.69, 9.17) is 15.2 Å². The lowest BCUT2D eigenvalue weighted by atomic mass is 9.92. The van der Waals surface area contributed by atoms with Crippen LogP contribution in [0.1, 0.15) is 65.2 Å². The van der Waals surface area contributed by atoms with Crippen LogP contribution in [0, 0.1) is 48.5 Å². The van der Waals surface area contributed by atoms with Gasteiger partial charge in [-0.3, -0.25) is 4.79 Å². The van der Waals surface area contributed by atoms with Gasteiger partial charge in [0, 0.05) is 5.56 Å². The largest absolute Gasteiger partial charge is 0.489 e. The molecule has 3 aromatic rings. The Morgan fingerprint density at radius 3 is 1.85 bits per heavy atom. The second kappa shape index (κ2) is 9.49. The third kappa shape index (κ3) is 4.63. The van der Waals surface area contributed by atoms with Gasteiger partial charge in [0.05, 0.1) is 5.56 Å². The highest BCUT2D eigenvalue weighted by molar-refractivity contribution is 5.98. The van der Waals surface area contributed by atoms with Crippen molar-refractivity contribution in [1.29, 1.82) is 0 Å². The van der Waals surface area contributed by atoms with Crippen LogP contribution in [0.2, 0.25) is 0 Å². The van der Waals surface area contributed by atoms with Crippen molar-refractivity contribution in [2.45, 2.75) is 55.1 Å². The number of hydrogen-bond donors (Lipinski definition) is 1. The molecule has 0 unspecified atom stereocenters. The maximum atomic E-state index is 13.3. The molecule has 33 heavy (non-hydrogen) atoms. The highest BCUT2D eigenvalue weighted by atomic mass is 16.5. The van der Waals surface area contributed by atoms with Crippen LogP contribution < -0.4 is 15.2 Å². The van der Waals surface area contributed by atoms with Crippen LogP contribution in [-0.4, -0.2) is 11.9 Å². The second-order valence-electron chi connectivity index (χ2n) is 8.55. The van der Waals surface area contributed by atoms with Crippen LogP contribution in [0.5, 0.6) is 11.5 Å². The molecule has 0 fully saturated rings. The topological polar surface area (TPSA) is 78.6 Å². The van der Waals surface area contributed by atoms with Gasteiger partial charge in [0.25, 0.3) is 0 Å². The smallest absolute Gasteiger partial charge is 0.344 e. The second-order valence-corrected chi connectivity index (χ2v) is 8.55. The van der Waals surface area contributed by atoms with E-state index in [-0.39, 0.29) is 0 Å². The van der Waals surface area contributed by atoms with Gasteiger partial charge in [-0.05, 0) is 99.0 Å². The molecule has 3 aromatic carbocycles. The Morgan fingerprint density at radius 2 is 1.30 bits per heavy atom. The fourth-order valence-corrected chi connectivity index (χ4v) is 4.19. The van der Waals surface area contributed by atoms with Gasteiger partial charge in [-0.2, -0.15) is 0 Å². The van der Waals surface area contributed by atoms with Gasteiger partial charge in [-0.1, -0.05) is 30.3 Å². The zero-order valence-electron chi connectivity index (χ0n) is 20.4. The Bertz CT molecular complexity index is 1210. The number of nitrogens with two attached hydrogens (primary N) is 1. The molecular weight excluding hydrogens is 414 g/mol. The molecule has 5 nitrogen and oxygen atoms in total. The number of carbonyl (C=O) groups excluding carboxylic acids is 2. The number of primary amides is 1. The first-order valence-electron chi connectivity index (χ1n) is 10.9. The number of hydrogen-bond acceptors (Lipinski definition) is 4. The molecule has 1 amide bonds. The lowest BCUT2D eigenvalue weighted by Crippen LogP contribution is -2.19. The molecule has 0 atom stereocenters. The predicted octanol–water partition coefficient (Wildman–Crippen LogP) is 5.74. The molecule has 0 bridgehead atoms. The first-order chi connectivity index (χ1) is 15.5. The van der Waals surface area contributed by atoms with Gasteiger partial charge in [-0.15, -0.1) is 0 Å². The number of rotatable bonds is 6. The minimum Gasteiger partial charge on any atom is -0.489 e. The lowest BCUT2D eigenvalue weighted by molar-refractivity contribution is 0.0730. The number of benzene rings is 3. The molecule has 0 heterocycles. The molecule has 0 aromatic heterocycles. The van der Waals surface area contributed by atoms with Crippen LogP contribution in [0.25, 0.3) is 0 Å². The van der Waals surface area contributed by atoms with Gasteiger partial charge >= 0.3 is 5.97 Å². The summed E-state index contributed by atoms with van der Waals surface area (Å²) in [6, 6.07) is 11.8. The highest BCUT2D eigenvalue weighted by Crippen LogP contribution is 2.34. The maximum Gasteiger partial charge on any atom is 0.344 e. The summed E-state index contributed by atoms with van der Waals surface area (Å²) in [5, 5.41) is 0. The normalized spacial score (nSPS) is 10.8. The van der Waals surface area contributed by atoms with Crippen molar-refractivity contribution in [2.75, 3.05) is 0 Å². The zero-order valence-corrected chi connectivity index (χ0v) is 20.4. The van der Waals surface area contributed by atoms with E-state index in [1.54, 1.807) is 0 Å². The van der Waals surface area contributed by atoms with Crippen LogP contribution in [0.15, 0.2) is 36.4 Å². The molecule has 0 saturated carbocycles. The minimum atomic E-state index is -0.484. The number of ether oxygens (including phenoxy) is 2. The summed E-state index contributed by atoms with van der Waals surface area (Å²) >= 11 is 0. The van der Waals surface area contributed by atoms with Crippen molar-refractivity contribution in [2.24, 2.45) is 5.73 Å². The molecule has 0 aliphatic carbocycles. The minimum absolute atomic E-state index is 0.431. The predicted molar refractivity (Wildman–Crippen MR) is 130 cm³/mol. The van der Waals surface area contributed by atoms with E-state index < -0.39 is 11.9 Å². The van der Waals surface area contributed by atoms with E-state index in [0.29, 0.717) is 23.5 Å². The van der Waals surface area contributed by atoms with Gasteiger partial charge < -0.3 is 15.2 Å². The van der Waals surface area contributed by atoms with Crippen molar-refractivity contribution < 1.29 is 19.1 Å². The van der Waals surface area contributed by atoms with Crippen LogP contribution in [0.4, 0.5) is 0 Å². The first-order valence-corrected chi connectivity index (χ1v) is 10.9. The van der Waals surface area contributed by atoms with Gasteiger partial charge in [0.2, 0.25) is 5.91 Å². The Kier molecular flexibility index (Phi) is 6.92. The van der Waals surface area contributed by atoms with Crippen LogP contribution >= 0.6 is 0 Å². The Hall–Kier alpha value is -3.60. The van der Waals surface area contributed by atoms with Gasteiger partial charge in [-0.25, -0.2) is 4.79 Å². The average molecular weight is 446 g/mol. The lowest BCUT2D eigenvalue weighted by Gasteiger charge is -2.20. The average Bonchev–Trinajstić information content (AvgIpc) is 2.77. The Balaban J connectivity index is 1.94. The van der Waals surface area contributed by atoms with Crippen molar-refractivity contribution in [3.63, 3.8) is 0 Å².